The van der Waals surface area contributed by atoms with Gasteiger partial charge in [0.05, 0.1) is 20.1 Å². The number of hydrogen-bond acceptors (Lipinski definition) is 3. The van der Waals surface area contributed by atoms with E-state index in [1.54, 1.807) is 12.1 Å². The molecule has 1 saturated carbocycles. The van der Waals surface area contributed by atoms with Gasteiger partial charge in [0.15, 0.2) is 0 Å². The van der Waals surface area contributed by atoms with Crippen molar-refractivity contribution in [1.29, 1.82) is 0 Å². The Balaban J connectivity index is 2.26. The van der Waals surface area contributed by atoms with Gasteiger partial charge in [-0.15, -0.1) is 0 Å². The molecule has 0 spiro atoms. The molecular weight excluding hydrogens is 211 g/mol. The molecule has 86 valence electrons. The van der Waals surface area contributed by atoms with Crippen LogP contribution in [0.25, 0.3) is 0 Å². The normalized spacial score (nSPS) is 22.7. The molecule has 1 fully saturated rings. The number of halogens is 1. The molecule has 0 amide bonds. The van der Waals surface area contributed by atoms with Crippen molar-refractivity contribution in [2.75, 3.05) is 14.2 Å². The number of methoxy groups -OCH3 is 2. The van der Waals surface area contributed by atoms with E-state index < -0.39 is 0 Å². The van der Waals surface area contributed by atoms with Crippen LogP contribution in [0.4, 0.5) is 4.39 Å². The number of carbonyl (C=O) groups is 1. The molecule has 2 atom stereocenters. The maximum absolute atomic E-state index is 13.6. The zero-order valence-electron chi connectivity index (χ0n) is 9.20. The lowest BCUT2D eigenvalue weighted by Crippen LogP contribution is -2.05. The van der Waals surface area contributed by atoms with Crippen LogP contribution in [0.2, 0.25) is 0 Å². The highest BCUT2D eigenvalue weighted by Gasteiger charge is 2.47. The van der Waals surface area contributed by atoms with E-state index in [-0.39, 0.29) is 23.6 Å². The quantitative estimate of drug-likeness (QED) is 0.738. The van der Waals surface area contributed by atoms with Gasteiger partial charge in [0.25, 0.3) is 0 Å². The van der Waals surface area contributed by atoms with Crippen molar-refractivity contribution in [3.63, 3.8) is 0 Å². The highest BCUT2D eigenvalue weighted by atomic mass is 19.1. The maximum atomic E-state index is 13.6. The van der Waals surface area contributed by atoms with Crippen LogP contribution in [0, 0.1) is 11.7 Å². The Morgan fingerprint density at radius 1 is 1.44 bits per heavy atom. The molecule has 2 rings (SSSR count). The van der Waals surface area contributed by atoms with Gasteiger partial charge < -0.3 is 9.47 Å². The van der Waals surface area contributed by atoms with Crippen LogP contribution in [0.5, 0.6) is 5.75 Å². The predicted octanol–water partition coefficient (Wildman–Crippen LogP) is 2.11. The van der Waals surface area contributed by atoms with Crippen LogP contribution in [0.3, 0.4) is 0 Å². The van der Waals surface area contributed by atoms with Crippen LogP contribution in [0.1, 0.15) is 17.9 Å². The Bertz CT molecular complexity index is 417. The van der Waals surface area contributed by atoms with Gasteiger partial charge in [-0.2, -0.15) is 0 Å². The lowest BCUT2D eigenvalue weighted by molar-refractivity contribution is -0.142. The Morgan fingerprint density at radius 3 is 2.81 bits per heavy atom. The molecule has 1 aromatic carbocycles. The summed E-state index contributed by atoms with van der Waals surface area (Å²) in [5, 5.41) is 0. The number of hydrogen-bond donors (Lipinski definition) is 0. The standard InChI is InChI=1S/C12H13FO3/c1-15-10-5-3-4-9(13)11(10)7-6-8(7)12(14)16-2/h3-5,7-8H,6H2,1-2H3. The Kier molecular flexibility index (Phi) is 2.81. The summed E-state index contributed by atoms with van der Waals surface area (Å²) >= 11 is 0. The molecule has 0 bridgehead atoms. The number of carbonyl (C=O) groups excluding carboxylic acids is 1. The molecule has 0 aromatic heterocycles. The molecule has 16 heavy (non-hydrogen) atoms. The van der Waals surface area contributed by atoms with Gasteiger partial charge in [0.2, 0.25) is 0 Å². The molecule has 0 heterocycles. The third-order valence-electron chi connectivity index (χ3n) is 2.90. The van der Waals surface area contributed by atoms with E-state index in [2.05, 4.69) is 4.74 Å². The first-order chi connectivity index (χ1) is 7.69. The molecule has 0 N–H and O–H groups in total. The Labute approximate surface area is 93.2 Å². The molecule has 2 unspecified atom stereocenters. The summed E-state index contributed by atoms with van der Waals surface area (Å²) in [5.41, 5.74) is 0.486. The molecule has 1 aliphatic rings. The summed E-state index contributed by atoms with van der Waals surface area (Å²) in [7, 11) is 2.84. The summed E-state index contributed by atoms with van der Waals surface area (Å²) in [4.78, 5) is 11.3. The Morgan fingerprint density at radius 2 is 2.19 bits per heavy atom. The minimum atomic E-state index is -0.323. The highest BCUT2D eigenvalue weighted by molar-refractivity contribution is 5.77. The molecule has 3 nitrogen and oxygen atoms in total. The van der Waals surface area contributed by atoms with Crippen molar-refractivity contribution in [1.82, 2.24) is 0 Å². The molecule has 0 saturated heterocycles. The average Bonchev–Trinajstić information content (AvgIpc) is 3.07. The van der Waals surface area contributed by atoms with E-state index in [1.807, 2.05) is 0 Å². The monoisotopic (exact) mass is 224 g/mol. The SMILES string of the molecule is COC(=O)C1CC1c1c(F)cccc1OC. The second-order valence-electron chi connectivity index (χ2n) is 3.83. The molecule has 1 aromatic rings. The first-order valence-corrected chi connectivity index (χ1v) is 5.09. The highest BCUT2D eigenvalue weighted by Crippen LogP contribution is 2.51. The van der Waals surface area contributed by atoms with Gasteiger partial charge in [0, 0.05) is 11.5 Å². The fourth-order valence-electron chi connectivity index (χ4n) is 1.98. The predicted molar refractivity (Wildman–Crippen MR) is 55.8 cm³/mol. The van der Waals surface area contributed by atoms with Crippen molar-refractivity contribution in [3.05, 3.63) is 29.6 Å². The summed E-state index contributed by atoms with van der Waals surface area (Å²) in [5.74, 6) is -0.443. The largest absolute Gasteiger partial charge is 0.496 e. The number of benzene rings is 1. The topological polar surface area (TPSA) is 35.5 Å². The first-order valence-electron chi connectivity index (χ1n) is 5.09. The second-order valence-corrected chi connectivity index (χ2v) is 3.83. The molecular formula is C12H13FO3. The van der Waals surface area contributed by atoms with Crippen molar-refractivity contribution in [2.24, 2.45) is 5.92 Å². The minimum Gasteiger partial charge on any atom is -0.496 e. The Hall–Kier alpha value is -1.58. The number of rotatable bonds is 3. The van der Waals surface area contributed by atoms with Crippen LogP contribution >= 0.6 is 0 Å². The lowest BCUT2D eigenvalue weighted by atomic mass is 10.1. The smallest absolute Gasteiger partial charge is 0.309 e. The van der Waals surface area contributed by atoms with Gasteiger partial charge in [-0.05, 0) is 18.6 Å². The van der Waals surface area contributed by atoms with Crippen LogP contribution in [-0.2, 0) is 9.53 Å². The van der Waals surface area contributed by atoms with Gasteiger partial charge in [0.1, 0.15) is 11.6 Å². The fraction of sp³-hybridized carbons (Fsp3) is 0.417. The summed E-state index contributed by atoms with van der Waals surface area (Å²) < 4.78 is 23.4. The zero-order chi connectivity index (χ0) is 11.7. The first kappa shape index (κ1) is 10.9. The number of esters is 1. The van der Waals surface area contributed by atoms with Gasteiger partial charge in [-0.25, -0.2) is 4.39 Å². The van der Waals surface area contributed by atoms with Gasteiger partial charge >= 0.3 is 5.97 Å². The van der Waals surface area contributed by atoms with Crippen molar-refractivity contribution < 1.29 is 18.7 Å². The van der Waals surface area contributed by atoms with E-state index in [0.29, 0.717) is 17.7 Å². The summed E-state index contributed by atoms with van der Waals surface area (Å²) in [6.45, 7) is 0. The van der Waals surface area contributed by atoms with Crippen LogP contribution < -0.4 is 4.74 Å². The van der Waals surface area contributed by atoms with E-state index in [1.165, 1.54) is 20.3 Å². The van der Waals surface area contributed by atoms with Crippen molar-refractivity contribution in [2.45, 2.75) is 12.3 Å². The summed E-state index contributed by atoms with van der Waals surface area (Å²) in [6, 6.07) is 4.67. The summed E-state index contributed by atoms with van der Waals surface area (Å²) in [6.07, 6.45) is 0.629. The van der Waals surface area contributed by atoms with E-state index in [9.17, 15) is 9.18 Å². The second kappa shape index (κ2) is 4.12. The molecule has 0 radical (unpaired) electrons. The molecule has 1 aliphatic carbocycles. The maximum Gasteiger partial charge on any atom is 0.309 e. The van der Waals surface area contributed by atoms with Gasteiger partial charge in [-0.1, -0.05) is 6.07 Å². The third kappa shape index (κ3) is 1.75. The van der Waals surface area contributed by atoms with Crippen LogP contribution in [0.15, 0.2) is 18.2 Å². The minimum absolute atomic E-state index is 0.108. The number of ether oxygens (including phenoxy) is 2. The van der Waals surface area contributed by atoms with E-state index in [4.69, 9.17) is 4.74 Å². The fourth-order valence-corrected chi connectivity index (χ4v) is 1.98. The van der Waals surface area contributed by atoms with E-state index in [0.717, 1.165) is 0 Å². The van der Waals surface area contributed by atoms with Crippen molar-refractivity contribution >= 4 is 5.97 Å². The molecule has 0 aliphatic heterocycles. The molecule has 4 heteroatoms. The lowest BCUT2D eigenvalue weighted by Gasteiger charge is -2.08. The van der Waals surface area contributed by atoms with Crippen molar-refractivity contribution in [3.8, 4) is 5.75 Å². The van der Waals surface area contributed by atoms with Gasteiger partial charge in [-0.3, -0.25) is 4.79 Å². The van der Waals surface area contributed by atoms with E-state index >= 15 is 0 Å². The third-order valence-corrected chi connectivity index (χ3v) is 2.90. The average molecular weight is 224 g/mol. The van der Waals surface area contributed by atoms with Crippen LogP contribution in [-0.4, -0.2) is 20.2 Å². The zero-order valence-corrected chi connectivity index (χ0v) is 9.20.